The van der Waals surface area contributed by atoms with Crippen molar-refractivity contribution in [2.45, 2.75) is 6.54 Å². The third kappa shape index (κ3) is 3.25. The fraction of sp³-hybridized carbons (Fsp3) is 0.154. The van der Waals surface area contributed by atoms with E-state index >= 15 is 0 Å². The van der Waals surface area contributed by atoms with Crippen molar-refractivity contribution in [3.63, 3.8) is 0 Å². The summed E-state index contributed by atoms with van der Waals surface area (Å²) in [4.78, 5) is 12.5. The Morgan fingerprint density at radius 3 is 2.42 bits per heavy atom. The quantitative estimate of drug-likeness (QED) is 0.911. The molecule has 0 bridgehead atoms. The van der Waals surface area contributed by atoms with Crippen LogP contribution in [-0.4, -0.2) is 28.3 Å². The maximum absolute atomic E-state index is 12.8. The number of hydrogen-bond donors (Lipinski definition) is 1. The van der Waals surface area contributed by atoms with Gasteiger partial charge in [0.05, 0.1) is 0 Å². The number of carbonyl (C=O) groups is 1. The van der Waals surface area contributed by atoms with Gasteiger partial charge in [0.15, 0.2) is 11.5 Å². The van der Waals surface area contributed by atoms with Gasteiger partial charge in [-0.1, -0.05) is 12.1 Å². The third-order valence-corrected chi connectivity index (χ3v) is 2.59. The van der Waals surface area contributed by atoms with Gasteiger partial charge in [-0.2, -0.15) is 0 Å². The first-order valence-corrected chi connectivity index (χ1v) is 5.59. The molecule has 5 nitrogen and oxygen atoms in total. The Bertz CT molecular complexity index is 569. The normalized spacial score (nSPS) is 10.2. The molecule has 0 aliphatic heterocycles. The predicted molar refractivity (Wildman–Crippen MR) is 67.5 cm³/mol. The molecule has 0 atom stereocenters. The van der Waals surface area contributed by atoms with Gasteiger partial charge in [-0.05, 0) is 29.8 Å². The van der Waals surface area contributed by atoms with E-state index in [4.69, 9.17) is 5.11 Å². The monoisotopic (exact) mass is 261 g/mol. The van der Waals surface area contributed by atoms with Crippen LogP contribution in [0.1, 0.15) is 16.1 Å². The number of aromatic carboxylic acids is 1. The van der Waals surface area contributed by atoms with Gasteiger partial charge in [-0.25, -0.2) is 9.18 Å². The first-order valence-electron chi connectivity index (χ1n) is 5.59. The summed E-state index contributed by atoms with van der Waals surface area (Å²) in [7, 11) is 1.80. The average Bonchev–Trinajstić information content (AvgIpc) is 2.41. The Morgan fingerprint density at radius 2 is 1.89 bits per heavy atom. The van der Waals surface area contributed by atoms with E-state index < -0.39 is 5.97 Å². The van der Waals surface area contributed by atoms with Crippen LogP contribution in [0.5, 0.6) is 0 Å². The molecule has 0 spiro atoms. The minimum absolute atomic E-state index is 0.0982. The van der Waals surface area contributed by atoms with Gasteiger partial charge in [0, 0.05) is 13.6 Å². The molecule has 6 heteroatoms. The zero-order valence-electron chi connectivity index (χ0n) is 10.2. The summed E-state index contributed by atoms with van der Waals surface area (Å²) < 4.78 is 12.8. The van der Waals surface area contributed by atoms with Crippen molar-refractivity contribution < 1.29 is 14.3 Å². The second-order valence-electron chi connectivity index (χ2n) is 4.06. The summed E-state index contributed by atoms with van der Waals surface area (Å²) in [6, 6.07) is 9.13. The zero-order chi connectivity index (χ0) is 13.8. The minimum Gasteiger partial charge on any atom is -0.476 e. The SMILES string of the molecule is CN(Cc1ccc(F)cc1)c1ccc(C(=O)O)nn1. The molecule has 0 amide bonds. The topological polar surface area (TPSA) is 66.3 Å². The van der Waals surface area contributed by atoms with Gasteiger partial charge in [0.2, 0.25) is 0 Å². The number of hydrogen-bond acceptors (Lipinski definition) is 4. The number of benzene rings is 1. The van der Waals surface area contributed by atoms with Gasteiger partial charge in [-0.15, -0.1) is 10.2 Å². The highest BCUT2D eigenvalue weighted by atomic mass is 19.1. The van der Waals surface area contributed by atoms with Crippen molar-refractivity contribution in [2.24, 2.45) is 0 Å². The molecule has 1 N–H and O–H groups in total. The average molecular weight is 261 g/mol. The zero-order valence-corrected chi connectivity index (χ0v) is 10.2. The number of halogens is 1. The third-order valence-electron chi connectivity index (χ3n) is 2.59. The van der Waals surface area contributed by atoms with E-state index in [0.717, 1.165) is 5.56 Å². The first-order chi connectivity index (χ1) is 9.06. The summed E-state index contributed by atoms with van der Waals surface area (Å²) in [5.74, 6) is -0.841. The van der Waals surface area contributed by atoms with Crippen LogP contribution >= 0.6 is 0 Å². The lowest BCUT2D eigenvalue weighted by atomic mass is 10.2. The molecule has 0 saturated heterocycles. The highest BCUT2D eigenvalue weighted by molar-refractivity contribution is 5.85. The van der Waals surface area contributed by atoms with E-state index in [1.807, 2.05) is 0 Å². The standard InChI is InChI=1S/C13H12FN3O2/c1-17(8-9-2-4-10(14)5-3-9)12-7-6-11(13(18)19)15-16-12/h2-7H,8H2,1H3,(H,18,19). The molecule has 0 aliphatic rings. The molecule has 0 fully saturated rings. The van der Waals surface area contributed by atoms with Gasteiger partial charge in [-0.3, -0.25) is 0 Å². The first kappa shape index (κ1) is 12.9. The summed E-state index contributed by atoms with van der Waals surface area (Å²) in [5, 5.41) is 16.2. The Hall–Kier alpha value is -2.50. The van der Waals surface area contributed by atoms with E-state index in [1.165, 1.54) is 18.2 Å². The molecule has 1 aromatic heterocycles. The number of anilines is 1. The molecule has 2 rings (SSSR count). The molecular weight excluding hydrogens is 249 g/mol. The summed E-state index contributed by atoms with van der Waals surface area (Å²) in [5.41, 5.74) is 0.826. The van der Waals surface area contributed by atoms with E-state index in [0.29, 0.717) is 12.4 Å². The highest BCUT2D eigenvalue weighted by Gasteiger charge is 2.08. The van der Waals surface area contributed by atoms with Gasteiger partial charge < -0.3 is 10.0 Å². The molecule has 1 heterocycles. The number of nitrogens with zero attached hydrogens (tertiary/aromatic N) is 3. The maximum Gasteiger partial charge on any atom is 0.356 e. The molecule has 0 unspecified atom stereocenters. The lowest BCUT2D eigenvalue weighted by Gasteiger charge is -2.17. The molecule has 98 valence electrons. The largest absolute Gasteiger partial charge is 0.476 e. The van der Waals surface area contributed by atoms with E-state index in [9.17, 15) is 9.18 Å². The molecule has 0 aliphatic carbocycles. The fourth-order valence-corrected chi connectivity index (χ4v) is 1.59. The molecule has 19 heavy (non-hydrogen) atoms. The Morgan fingerprint density at radius 1 is 1.21 bits per heavy atom. The fourth-order valence-electron chi connectivity index (χ4n) is 1.59. The Balaban J connectivity index is 2.09. The summed E-state index contributed by atoms with van der Waals surface area (Å²) in [6.45, 7) is 0.529. The van der Waals surface area contributed by atoms with Crippen molar-refractivity contribution in [1.82, 2.24) is 10.2 Å². The van der Waals surface area contributed by atoms with Crippen molar-refractivity contribution in [1.29, 1.82) is 0 Å². The van der Waals surface area contributed by atoms with Crippen LogP contribution in [0.15, 0.2) is 36.4 Å². The van der Waals surface area contributed by atoms with Crippen molar-refractivity contribution in [2.75, 3.05) is 11.9 Å². The number of carboxylic acid groups (broad SMARTS) is 1. The van der Waals surface area contributed by atoms with Crippen molar-refractivity contribution in [3.8, 4) is 0 Å². The van der Waals surface area contributed by atoms with Crippen LogP contribution in [0.2, 0.25) is 0 Å². The van der Waals surface area contributed by atoms with E-state index in [-0.39, 0.29) is 11.5 Å². The molecule has 0 saturated carbocycles. The van der Waals surface area contributed by atoms with Gasteiger partial charge in [0.1, 0.15) is 5.82 Å². The van der Waals surface area contributed by atoms with Gasteiger partial charge >= 0.3 is 5.97 Å². The highest BCUT2D eigenvalue weighted by Crippen LogP contribution is 2.12. The summed E-state index contributed by atoms with van der Waals surface area (Å²) >= 11 is 0. The van der Waals surface area contributed by atoms with E-state index in [1.54, 1.807) is 30.1 Å². The van der Waals surface area contributed by atoms with E-state index in [2.05, 4.69) is 10.2 Å². The minimum atomic E-state index is -1.11. The van der Waals surface area contributed by atoms with Crippen LogP contribution in [0.3, 0.4) is 0 Å². The molecular formula is C13H12FN3O2. The summed E-state index contributed by atoms with van der Waals surface area (Å²) in [6.07, 6.45) is 0. The van der Waals surface area contributed by atoms with Crippen LogP contribution in [0.4, 0.5) is 10.2 Å². The number of aromatic nitrogens is 2. The van der Waals surface area contributed by atoms with Crippen LogP contribution in [-0.2, 0) is 6.54 Å². The van der Waals surface area contributed by atoms with Crippen molar-refractivity contribution in [3.05, 3.63) is 53.5 Å². The molecule has 1 aromatic carbocycles. The second-order valence-corrected chi connectivity index (χ2v) is 4.06. The number of rotatable bonds is 4. The van der Waals surface area contributed by atoms with Crippen LogP contribution < -0.4 is 4.90 Å². The number of carboxylic acids is 1. The maximum atomic E-state index is 12.8. The van der Waals surface area contributed by atoms with Crippen molar-refractivity contribution >= 4 is 11.8 Å². The Kier molecular flexibility index (Phi) is 3.70. The second kappa shape index (κ2) is 5.43. The molecule has 2 aromatic rings. The van der Waals surface area contributed by atoms with Crippen LogP contribution in [0, 0.1) is 5.82 Å². The predicted octanol–water partition coefficient (Wildman–Crippen LogP) is 1.95. The lowest BCUT2D eigenvalue weighted by molar-refractivity contribution is 0.0689. The molecule has 0 radical (unpaired) electrons. The van der Waals surface area contributed by atoms with Crippen LogP contribution in [0.25, 0.3) is 0 Å². The Labute approximate surface area is 109 Å². The smallest absolute Gasteiger partial charge is 0.356 e. The lowest BCUT2D eigenvalue weighted by Crippen LogP contribution is -2.18. The van der Waals surface area contributed by atoms with Gasteiger partial charge in [0.25, 0.3) is 0 Å².